The largest absolute Gasteiger partial charge is 0.488 e. The number of hydrogen-bond acceptors (Lipinski definition) is 4. The van der Waals surface area contributed by atoms with Crippen molar-refractivity contribution < 1.29 is 14.2 Å². The summed E-state index contributed by atoms with van der Waals surface area (Å²) in [4.78, 5) is 0. The average Bonchev–Trinajstić information content (AvgIpc) is 2.88. The van der Waals surface area contributed by atoms with Crippen molar-refractivity contribution in [3.63, 3.8) is 0 Å². The average molecular weight is 293 g/mol. The number of aliphatic hydroxyl groups excluding tert-OH is 1. The highest BCUT2D eigenvalue weighted by Crippen LogP contribution is 2.15. The van der Waals surface area contributed by atoms with Gasteiger partial charge in [-0.2, -0.15) is 5.10 Å². The number of rotatable bonds is 8. The summed E-state index contributed by atoms with van der Waals surface area (Å²) < 4.78 is 20.3. The minimum absolute atomic E-state index is 0.0531. The van der Waals surface area contributed by atoms with E-state index in [1.807, 2.05) is 19.3 Å². The number of aryl methyl sites for hydroxylation is 1. The molecule has 0 aliphatic heterocycles. The van der Waals surface area contributed by atoms with Gasteiger partial charge < -0.3 is 15.2 Å². The molecule has 0 saturated heterocycles. The van der Waals surface area contributed by atoms with Crippen molar-refractivity contribution in [2.75, 3.05) is 19.7 Å². The van der Waals surface area contributed by atoms with Crippen molar-refractivity contribution in [3.8, 4) is 5.75 Å². The van der Waals surface area contributed by atoms with Crippen molar-refractivity contribution in [3.05, 3.63) is 48.0 Å². The molecular formula is C15H20FN3O2. The molecule has 0 radical (unpaired) electrons. The third kappa shape index (κ3) is 5.17. The van der Waals surface area contributed by atoms with Crippen LogP contribution in [0.25, 0.3) is 0 Å². The summed E-state index contributed by atoms with van der Waals surface area (Å²) in [6.07, 6.45) is 2.00. The van der Waals surface area contributed by atoms with Gasteiger partial charge in [-0.25, -0.2) is 4.39 Å². The normalized spacial score (nSPS) is 12.3. The van der Waals surface area contributed by atoms with E-state index in [1.54, 1.807) is 16.8 Å². The summed E-state index contributed by atoms with van der Waals surface area (Å²) in [5.41, 5.74) is 1.00. The van der Waals surface area contributed by atoms with Crippen LogP contribution >= 0.6 is 0 Å². The Hall–Kier alpha value is -1.92. The number of nitrogens with one attached hydrogen (secondary N) is 1. The standard InChI is InChI=1S/C15H20FN3O2/c1-19-9-7-12(18-19)6-8-17-10-13(20)11-21-15-5-3-2-4-14(15)16/h2-5,7,9,13,17,20H,6,8,10-11H2,1H3. The van der Waals surface area contributed by atoms with Crippen LogP contribution < -0.4 is 10.1 Å². The van der Waals surface area contributed by atoms with Gasteiger partial charge in [0.1, 0.15) is 12.7 Å². The van der Waals surface area contributed by atoms with Crippen LogP contribution in [0.4, 0.5) is 4.39 Å². The van der Waals surface area contributed by atoms with Crippen LogP contribution in [0.1, 0.15) is 5.69 Å². The molecule has 2 N–H and O–H groups in total. The maximum atomic E-state index is 13.3. The van der Waals surface area contributed by atoms with Crippen LogP contribution in [-0.4, -0.2) is 40.7 Å². The van der Waals surface area contributed by atoms with E-state index in [-0.39, 0.29) is 12.4 Å². The zero-order valence-electron chi connectivity index (χ0n) is 12.0. The third-order valence-electron chi connectivity index (χ3n) is 2.97. The molecule has 1 heterocycles. The fourth-order valence-corrected chi connectivity index (χ4v) is 1.89. The first-order valence-electron chi connectivity index (χ1n) is 6.90. The molecule has 0 bridgehead atoms. The van der Waals surface area contributed by atoms with Crippen LogP contribution in [0.2, 0.25) is 0 Å². The van der Waals surface area contributed by atoms with Gasteiger partial charge in [-0.05, 0) is 18.2 Å². The Kier molecular flexibility index (Phi) is 5.71. The zero-order valence-corrected chi connectivity index (χ0v) is 12.0. The monoisotopic (exact) mass is 293 g/mol. The molecule has 1 aromatic carbocycles. The van der Waals surface area contributed by atoms with E-state index in [0.29, 0.717) is 13.1 Å². The van der Waals surface area contributed by atoms with E-state index < -0.39 is 11.9 Å². The Morgan fingerprint density at radius 3 is 2.90 bits per heavy atom. The summed E-state index contributed by atoms with van der Waals surface area (Å²) in [6, 6.07) is 8.11. The summed E-state index contributed by atoms with van der Waals surface area (Å²) in [6.45, 7) is 1.16. The van der Waals surface area contributed by atoms with E-state index in [9.17, 15) is 9.50 Å². The Bertz CT molecular complexity index is 559. The van der Waals surface area contributed by atoms with Gasteiger partial charge in [0, 0.05) is 32.8 Å². The van der Waals surface area contributed by atoms with Crippen molar-refractivity contribution in [2.24, 2.45) is 7.05 Å². The Balaban J connectivity index is 1.61. The van der Waals surface area contributed by atoms with Crippen molar-refractivity contribution in [1.82, 2.24) is 15.1 Å². The molecule has 2 aromatic rings. The lowest BCUT2D eigenvalue weighted by molar-refractivity contribution is 0.104. The Labute approximate surface area is 123 Å². The molecule has 114 valence electrons. The van der Waals surface area contributed by atoms with Gasteiger partial charge in [0.15, 0.2) is 11.6 Å². The third-order valence-corrected chi connectivity index (χ3v) is 2.97. The first-order valence-corrected chi connectivity index (χ1v) is 6.90. The zero-order chi connectivity index (χ0) is 15.1. The fraction of sp³-hybridized carbons (Fsp3) is 0.400. The predicted octanol–water partition coefficient (Wildman–Crippen LogP) is 1.13. The van der Waals surface area contributed by atoms with Gasteiger partial charge in [-0.15, -0.1) is 0 Å². The molecule has 0 saturated carbocycles. The maximum absolute atomic E-state index is 13.3. The molecule has 0 amide bonds. The number of halogens is 1. The number of benzene rings is 1. The second-order valence-electron chi connectivity index (χ2n) is 4.83. The molecule has 0 aliphatic rings. The van der Waals surface area contributed by atoms with Crippen LogP contribution in [-0.2, 0) is 13.5 Å². The number of nitrogens with zero attached hydrogens (tertiary/aromatic N) is 2. The first kappa shape index (κ1) is 15.5. The maximum Gasteiger partial charge on any atom is 0.165 e. The second-order valence-corrected chi connectivity index (χ2v) is 4.83. The number of ether oxygens (including phenoxy) is 1. The molecule has 21 heavy (non-hydrogen) atoms. The predicted molar refractivity (Wildman–Crippen MR) is 77.7 cm³/mol. The lowest BCUT2D eigenvalue weighted by Gasteiger charge is -2.13. The smallest absolute Gasteiger partial charge is 0.165 e. The molecule has 1 unspecified atom stereocenters. The molecule has 6 heteroatoms. The highest BCUT2D eigenvalue weighted by atomic mass is 19.1. The van der Waals surface area contributed by atoms with E-state index in [2.05, 4.69) is 10.4 Å². The number of aliphatic hydroxyl groups is 1. The lowest BCUT2D eigenvalue weighted by Crippen LogP contribution is -2.32. The van der Waals surface area contributed by atoms with Gasteiger partial charge in [0.2, 0.25) is 0 Å². The fourth-order valence-electron chi connectivity index (χ4n) is 1.89. The van der Waals surface area contributed by atoms with E-state index in [0.717, 1.165) is 12.1 Å². The lowest BCUT2D eigenvalue weighted by atomic mass is 10.3. The molecule has 2 rings (SSSR count). The number of hydrogen-bond donors (Lipinski definition) is 2. The Morgan fingerprint density at radius 2 is 2.19 bits per heavy atom. The van der Waals surface area contributed by atoms with Gasteiger partial charge in [0.05, 0.1) is 5.69 Å². The van der Waals surface area contributed by atoms with Crippen LogP contribution in [0.3, 0.4) is 0 Å². The van der Waals surface area contributed by atoms with Crippen molar-refractivity contribution in [1.29, 1.82) is 0 Å². The molecule has 0 spiro atoms. The summed E-state index contributed by atoms with van der Waals surface area (Å²) in [5.74, 6) is -0.266. The summed E-state index contributed by atoms with van der Waals surface area (Å²) in [5, 5.41) is 17.2. The van der Waals surface area contributed by atoms with Crippen LogP contribution in [0.5, 0.6) is 5.75 Å². The van der Waals surface area contributed by atoms with Crippen LogP contribution in [0, 0.1) is 5.82 Å². The summed E-state index contributed by atoms with van der Waals surface area (Å²) in [7, 11) is 1.88. The van der Waals surface area contributed by atoms with Gasteiger partial charge >= 0.3 is 0 Å². The van der Waals surface area contributed by atoms with Crippen LogP contribution in [0.15, 0.2) is 36.5 Å². The quantitative estimate of drug-likeness (QED) is 0.716. The minimum Gasteiger partial charge on any atom is -0.488 e. The molecule has 1 aromatic heterocycles. The molecule has 0 aliphatic carbocycles. The molecule has 1 atom stereocenters. The molecule has 5 nitrogen and oxygen atoms in total. The first-order chi connectivity index (χ1) is 10.1. The Morgan fingerprint density at radius 1 is 1.38 bits per heavy atom. The SMILES string of the molecule is Cn1ccc(CCNCC(O)COc2ccccc2F)n1. The highest BCUT2D eigenvalue weighted by molar-refractivity contribution is 5.23. The van der Waals surface area contributed by atoms with Gasteiger partial charge in [-0.3, -0.25) is 4.68 Å². The molecular weight excluding hydrogens is 273 g/mol. The van der Waals surface area contributed by atoms with Gasteiger partial charge in [0.25, 0.3) is 0 Å². The van der Waals surface area contributed by atoms with E-state index in [4.69, 9.17) is 4.74 Å². The second kappa shape index (κ2) is 7.75. The van der Waals surface area contributed by atoms with E-state index in [1.165, 1.54) is 12.1 Å². The minimum atomic E-state index is -0.687. The highest BCUT2D eigenvalue weighted by Gasteiger charge is 2.07. The van der Waals surface area contributed by atoms with E-state index >= 15 is 0 Å². The molecule has 0 fully saturated rings. The topological polar surface area (TPSA) is 59.3 Å². The van der Waals surface area contributed by atoms with Crippen molar-refractivity contribution >= 4 is 0 Å². The summed E-state index contributed by atoms with van der Waals surface area (Å²) >= 11 is 0. The van der Waals surface area contributed by atoms with Crippen molar-refractivity contribution in [2.45, 2.75) is 12.5 Å². The van der Waals surface area contributed by atoms with Gasteiger partial charge in [-0.1, -0.05) is 12.1 Å². The number of para-hydroxylation sites is 1. The number of aromatic nitrogens is 2.